The van der Waals surface area contributed by atoms with Crippen molar-refractivity contribution < 1.29 is 9.90 Å². The molecule has 6 heteroatoms. The van der Waals surface area contributed by atoms with Crippen molar-refractivity contribution in [3.63, 3.8) is 0 Å². The molecule has 1 fully saturated rings. The number of rotatable bonds is 5. The molecule has 0 bridgehead atoms. The van der Waals surface area contributed by atoms with Gasteiger partial charge in [0.15, 0.2) is 0 Å². The molecule has 0 unspecified atom stereocenters. The zero-order valence-electron chi connectivity index (χ0n) is 13.4. The van der Waals surface area contributed by atoms with Crippen LogP contribution >= 0.6 is 0 Å². The van der Waals surface area contributed by atoms with Gasteiger partial charge in [-0.15, -0.1) is 0 Å². The maximum absolute atomic E-state index is 10.8. The fraction of sp³-hybridized carbons (Fsp3) is 0.412. The molecule has 3 rings (SSSR count). The normalized spacial score (nSPS) is 15.8. The van der Waals surface area contributed by atoms with E-state index in [2.05, 4.69) is 39.6 Å². The van der Waals surface area contributed by atoms with Crippen LogP contribution < -0.4 is 4.90 Å². The van der Waals surface area contributed by atoms with Crippen LogP contribution in [0.5, 0.6) is 0 Å². The largest absolute Gasteiger partial charge is 0.480 e. The minimum absolute atomic E-state index is 0.112. The first-order valence-electron chi connectivity index (χ1n) is 7.99. The number of aryl methyl sites for hydroxylation is 1. The van der Waals surface area contributed by atoms with E-state index in [1.54, 1.807) is 0 Å². The number of piperazine rings is 1. The van der Waals surface area contributed by atoms with E-state index in [1.807, 2.05) is 23.4 Å². The van der Waals surface area contributed by atoms with Crippen molar-refractivity contribution in [1.82, 2.24) is 14.5 Å². The summed E-state index contributed by atoms with van der Waals surface area (Å²) in [5.74, 6) is 0.165. The number of carbonyl (C=O) groups is 1. The zero-order valence-corrected chi connectivity index (χ0v) is 13.4. The molecule has 1 N–H and O–H groups in total. The second kappa shape index (κ2) is 6.83. The van der Waals surface area contributed by atoms with E-state index in [4.69, 9.17) is 5.11 Å². The molecule has 0 saturated carbocycles. The molecular weight excluding hydrogens is 292 g/mol. The fourth-order valence-electron chi connectivity index (χ4n) is 3.06. The molecule has 1 aromatic carbocycles. The monoisotopic (exact) mass is 314 g/mol. The Hall–Kier alpha value is -2.34. The lowest BCUT2D eigenvalue weighted by molar-refractivity contribution is -0.138. The van der Waals surface area contributed by atoms with Crippen molar-refractivity contribution in [1.29, 1.82) is 0 Å². The third-order valence-corrected chi connectivity index (χ3v) is 4.27. The van der Waals surface area contributed by atoms with Gasteiger partial charge < -0.3 is 10.0 Å². The van der Waals surface area contributed by atoms with Gasteiger partial charge in [-0.1, -0.05) is 25.1 Å². The molecule has 2 heterocycles. The highest BCUT2D eigenvalue weighted by molar-refractivity contribution is 5.69. The molecule has 1 aliphatic heterocycles. The molecule has 0 spiro atoms. The highest BCUT2D eigenvalue weighted by Gasteiger charge is 2.22. The van der Waals surface area contributed by atoms with Crippen LogP contribution in [-0.2, 0) is 11.2 Å². The Labute approximate surface area is 136 Å². The molecule has 1 saturated heterocycles. The van der Waals surface area contributed by atoms with Gasteiger partial charge in [0.25, 0.3) is 0 Å². The molecule has 1 aliphatic rings. The van der Waals surface area contributed by atoms with Crippen LogP contribution in [0, 0.1) is 0 Å². The molecule has 1 aromatic heterocycles. The number of imidazole rings is 1. The highest BCUT2D eigenvalue weighted by Crippen LogP contribution is 2.22. The lowest BCUT2D eigenvalue weighted by atomic mass is 10.1. The summed E-state index contributed by atoms with van der Waals surface area (Å²) in [6.45, 7) is 5.33. The van der Waals surface area contributed by atoms with Crippen molar-refractivity contribution in [2.75, 3.05) is 37.6 Å². The van der Waals surface area contributed by atoms with Crippen LogP contribution in [-0.4, -0.2) is 58.3 Å². The molecule has 23 heavy (non-hydrogen) atoms. The van der Waals surface area contributed by atoms with E-state index in [9.17, 15) is 4.79 Å². The predicted molar refractivity (Wildman–Crippen MR) is 89.2 cm³/mol. The van der Waals surface area contributed by atoms with Gasteiger partial charge in [-0.2, -0.15) is 0 Å². The lowest BCUT2D eigenvalue weighted by Crippen LogP contribution is -2.48. The second-order valence-corrected chi connectivity index (χ2v) is 5.74. The lowest BCUT2D eigenvalue weighted by Gasteiger charge is -2.34. The van der Waals surface area contributed by atoms with Crippen LogP contribution in [0.4, 0.5) is 5.95 Å². The first-order valence-corrected chi connectivity index (χ1v) is 7.99. The number of carboxylic acids is 1. The Morgan fingerprint density at radius 2 is 1.96 bits per heavy atom. The average molecular weight is 314 g/mol. The number of para-hydroxylation sites is 1. The third-order valence-electron chi connectivity index (χ3n) is 4.27. The summed E-state index contributed by atoms with van der Waals surface area (Å²) in [6.07, 6.45) is 4.79. The van der Waals surface area contributed by atoms with Gasteiger partial charge in [0.1, 0.15) is 0 Å². The number of benzene rings is 1. The van der Waals surface area contributed by atoms with Crippen LogP contribution in [0.2, 0.25) is 0 Å². The first kappa shape index (κ1) is 15.6. The number of carboxylic acid groups (broad SMARTS) is 1. The van der Waals surface area contributed by atoms with Gasteiger partial charge in [0.05, 0.1) is 12.2 Å². The summed E-state index contributed by atoms with van der Waals surface area (Å²) in [4.78, 5) is 19.5. The molecule has 0 aliphatic carbocycles. The number of anilines is 1. The predicted octanol–water partition coefficient (Wildman–Crippen LogP) is 1.64. The summed E-state index contributed by atoms with van der Waals surface area (Å²) >= 11 is 0. The fourth-order valence-corrected chi connectivity index (χ4v) is 3.06. The van der Waals surface area contributed by atoms with E-state index in [0.29, 0.717) is 0 Å². The summed E-state index contributed by atoms with van der Waals surface area (Å²) in [5, 5.41) is 8.89. The van der Waals surface area contributed by atoms with E-state index in [1.165, 1.54) is 5.56 Å². The van der Waals surface area contributed by atoms with Crippen LogP contribution in [0.15, 0.2) is 36.7 Å². The standard InChI is InChI=1S/C17H22N4O2/c1-2-14-5-3-4-6-15(14)21-8-7-18-17(21)20-11-9-19(10-12-20)13-16(22)23/h3-8H,2,9-13H2,1H3,(H,22,23). The molecule has 6 nitrogen and oxygen atoms in total. The van der Waals surface area contributed by atoms with Crippen LogP contribution in [0.3, 0.4) is 0 Å². The van der Waals surface area contributed by atoms with Gasteiger partial charge in [-0.25, -0.2) is 4.98 Å². The third kappa shape index (κ3) is 3.37. The number of hydrogen-bond acceptors (Lipinski definition) is 4. The van der Waals surface area contributed by atoms with E-state index < -0.39 is 5.97 Å². The second-order valence-electron chi connectivity index (χ2n) is 5.74. The van der Waals surface area contributed by atoms with Gasteiger partial charge in [0.2, 0.25) is 5.95 Å². The highest BCUT2D eigenvalue weighted by atomic mass is 16.4. The summed E-state index contributed by atoms with van der Waals surface area (Å²) < 4.78 is 2.13. The number of hydrogen-bond donors (Lipinski definition) is 1. The van der Waals surface area contributed by atoms with Gasteiger partial charge in [0, 0.05) is 38.6 Å². The van der Waals surface area contributed by atoms with Crippen molar-refractivity contribution in [3.05, 3.63) is 42.2 Å². The maximum Gasteiger partial charge on any atom is 0.317 e. The van der Waals surface area contributed by atoms with Gasteiger partial charge >= 0.3 is 5.97 Å². The van der Waals surface area contributed by atoms with E-state index in [0.717, 1.165) is 44.2 Å². The van der Waals surface area contributed by atoms with Gasteiger partial charge in [-0.3, -0.25) is 14.3 Å². The summed E-state index contributed by atoms with van der Waals surface area (Å²) in [7, 11) is 0. The smallest absolute Gasteiger partial charge is 0.317 e. The molecular formula is C17H22N4O2. The van der Waals surface area contributed by atoms with Crippen molar-refractivity contribution in [2.24, 2.45) is 0 Å². The number of aliphatic carboxylic acids is 1. The van der Waals surface area contributed by atoms with Crippen LogP contribution in [0.25, 0.3) is 5.69 Å². The van der Waals surface area contributed by atoms with E-state index in [-0.39, 0.29) is 6.54 Å². The topological polar surface area (TPSA) is 61.6 Å². The van der Waals surface area contributed by atoms with Crippen molar-refractivity contribution in [3.8, 4) is 5.69 Å². The molecule has 2 aromatic rings. The zero-order chi connectivity index (χ0) is 16.2. The minimum Gasteiger partial charge on any atom is -0.480 e. The Morgan fingerprint density at radius 3 is 2.65 bits per heavy atom. The Balaban J connectivity index is 1.78. The number of nitrogens with zero attached hydrogens (tertiary/aromatic N) is 4. The summed E-state index contributed by atoms with van der Waals surface area (Å²) in [6, 6.07) is 8.36. The molecule has 0 amide bonds. The number of aromatic nitrogens is 2. The average Bonchev–Trinajstić information content (AvgIpc) is 3.04. The molecule has 0 atom stereocenters. The minimum atomic E-state index is -0.767. The van der Waals surface area contributed by atoms with E-state index >= 15 is 0 Å². The Bertz CT molecular complexity index is 675. The van der Waals surface area contributed by atoms with Crippen molar-refractivity contribution in [2.45, 2.75) is 13.3 Å². The van der Waals surface area contributed by atoms with Crippen LogP contribution in [0.1, 0.15) is 12.5 Å². The Kier molecular flexibility index (Phi) is 4.62. The van der Waals surface area contributed by atoms with Gasteiger partial charge in [-0.05, 0) is 18.1 Å². The SMILES string of the molecule is CCc1ccccc1-n1ccnc1N1CCN(CC(=O)O)CC1. The first-order chi connectivity index (χ1) is 11.2. The molecule has 122 valence electrons. The Morgan fingerprint density at radius 1 is 1.22 bits per heavy atom. The maximum atomic E-state index is 10.8. The quantitative estimate of drug-likeness (QED) is 0.909. The molecule has 0 radical (unpaired) electrons. The van der Waals surface area contributed by atoms with Crippen molar-refractivity contribution >= 4 is 11.9 Å². The summed E-state index contributed by atoms with van der Waals surface area (Å²) in [5.41, 5.74) is 2.45.